The molecule has 0 aromatic heterocycles. The zero-order valence-electron chi connectivity index (χ0n) is 12.3. The number of nitrogens with one attached hydrogen (secondary N) is 1. The first-order chi connectivity index (χ1) is 11.0. The molecule has 116 valence electrons. The highest BCUT2D eigenvalue weighted by Gasteiger charge is 2.42. The maximum absolute atomic E-state index is 12.1. The van der Waals surface area contributed by atoms with E-state index in [-0.39, 0.29) is 0 Å². The van der Waals surface area contributed by atoms with Crippen molar-refractivity contribution in [1.82, 2.24) is 9.80 Å². The molecule has 2 aromatic carbocycles. The second-order valence-electron chi connectivity index (χ2n) is 5.11. The minimum absolute atomic E-state index is 0.503. The highest BCUT2D eigenvalue weighted by Crippen LogP contribution is 2.23. The van der Waals surface area contributed by atoms with Crippen molar-refractivity contribution in [3.8, 4) is 0 Å². The van der Waals surface area contributed by atoms with Crippen LogP contribution in [0.5, 0.6) is 0 Å². The normalized spacial score (nSPS) is 14.7. The molecule has 1 aliphatic heterocycles. The van der Waals surface area contributed by atoms with Gasteiger partial charge < -0.3 is 5.32 Å². The van der Waals surface area contributed by atoms with Gasteiger partial charge in [-0.2, -0.15) is 0 Å². The van der Waals surface area contributed by atoms with Gasteiger partial charge in [-0.05, 0) is 11.5 Å². The first-order valence-electron chi connectivity index (χ1n) is 6.90. The van der Waals surface area contributed by atoms with Crippen LogP contribution >= 0.6 is 0 Å². The van der Waals surface area contributed by atoms with Crippen molar-refractivity contribution in [3.05, 3.63) is 42.5 Å². The van der Waals surface area contributed by atoms with Crippen LogP contribution in [0.2, 0.25) is 0 Å². The van der Waals surface area contributed by atoms with Gasteiger partial charge in [0, 0.05) is 18.1 Å². The van der Waals surface area contributed by atoms with Crippen LogP contribution in [-0.4, -0.2) is 47.1 Å². The molecule has 1 saturated heterocycles. The Hall–Kier alpha value is -3.22. The lowest BCUT2D eigenvalue weighted by molar-refractivity contribution is -0.143. The Morgan fingerprint density at radius 1 is 1.00 bits per heavy atom. The van der Waals surface area contributed by atoms with Gasteiger partial charge in [0.1, 0.15) is 6.54 Å². The predicted octanol–water partition coefficient (Wildman–Crippen LogP) is 1.20. The summed E-state index contributed by atoms with van der Waals surface area (Å²) in [5.41, 5.74) is 0.576. The molecule has 1 N–H and O–H groups in total. The summed E-state index contributed by atoms with van der Waals surface area (Å²) in [6, 6.07) is 12.1. The van der Waals surface area contributed by atoms with E-state index in [1.807, 2.05) is 30.3 Å². The third kappa shape index (κ3) is 2.52. The van der Waals surface area contributed by atoms with Crippen molar-refractivity contribution in [2.75, 3.05) is 18.9 Å². The molecule has 1 aliphatic rings. The highest BCUT2D eigenvalue weighted by atomic mass is 16.2. The van der Waals surface area contributed by atoms with Crippen molar-refractivity contribution >= 4 is 40.2 Å². The predicted molar refractivity (Wildman–Crippen MR) is 82.5 cm³/mol. The number of carbonyl (C=O) groups excluding carboxylic acids is 4. The summed E-state index contributed by atoms with van der Waals surface area (Å²) >= 11 is 0. The summed E-state index contributed by atoms with van der Waals surface area (Å²) in [7, 11) is 1.20. The molecular weight excluding hydrogens is 298 g/mol. The maximum Gasteiger partial charge on any atom is 0.334 e. The van der Waals surface area contributed by atoms with Crippen molar-refractivity contribution in [2.24, 2.45) is 0 Å². The number of benzene rings is 2. The molecule has 1 heterocycles. The third-order valence-corrected chi connectivity index (χ3v) is 3.62. The molecular formula is C16H13N3O4. The second-order valence-corrected chi connectivity index (χ2v) is 5.11. The van der Waals surface area contributed by atoms with E-state index in [0.29, 0.717) is 15.5 Å². The van der Waals surface area contributed by atoms with Crippen LogP contribution in [0.3, 0.4) is 0 Å². The topological polar surface area (TPSA) is 86.8 Å². The SMILES string of the molecule is CN1C(=O)C(=O)N(CC(=O)Nc2cccc3ccccc23)C1=O. The fraction of sp³-hybridized carbons (Fsp3) is 0.125. The summed E-state index contributed by atoms with van der Waals surface area (Å²) in [6.07, 6.45) is 0. The number of rotatable bonds is 3. The van der Waals surface area contributed by atoms with Crippen molar-refractivity contribution in [3.63, 3.8) is 0 Å². The molecule has 0 atom stereocenters. The van der Waals surface area contributed by atoms with E-state index in [1.165, 1.54) is 7.05 Å². The number of imide groups is 2. The van der Waals surface area contributed by atoms with Gasteiger partial charge in [-0.15, -0.1) is 0 Å². The van der Waals surface area contributed by atoms with Gasteiger partial charge in [-0.25, -0.2) is 9.69 Å². The summed E-state index contributed by atoms with van der Waals surface area (Å²) in [5, 5.41) is 4.46. The fourth-order valence-electron chi connectivity index (χ4n) is 2.42. The van der Waals surface area contributed by atoms with Crippen molar-refractivity contribution < 1.29 is 19.2 Å². The number of hydrogen-bond acceptors (Lipinski definition) is 4. The van der Waals surface area contributed by atoms with Crippen LogP contribution in [-0.2, 0) is 14.4 Å². The van der Waals surface area contributed by atoms with Crippen LogP contribution in [0, 0.1) is 0 Å². The summed E-state index contributed by atoms with van der Waals surface area (Å²) in [5.74, 6) is -2.48. The van der Waals surface area contributed by atoms with Crippen LogP contribution in [0.1, 0.15) is 0 Å². The molecule has 0 radical (unpaired) electrons. The van der Waals surface area contributed by atoms with E-state index in [4.69, 9.17) is 0 Å². The minimum Gasteiger partial charge on any atom is -0.324 e. The Kier molecular flexibility index (Phi) is 3.53. The molecule has 2 aromatic rings. The van der Waals surface area contributed by atoms with Gasteiger partial charge in [0.25, 0.3) is 0 Å². The summed E-state index contributed by atoms with van der Waals surface area (Å²) < 4.78 is 0. The van der Waals surface area contributed by atoms with Crippen LogP contribution in [0.15, 0.2) is 42.5 Å². The van der Waals surface area contributed by atoms with E-state index in [9.17, 15) is 19.2 Å². The highest BCUT2D eigenvalue weighted by molar-refractivity contribution is 6.45. The first kappa shape index (κ1) is 14.7. The van der Waals surface area contributed by atoms with Gasteiger partial charge in [-0.3, -0.25) is 19.3 Å². The second kappa shape index (κ2) is 5.53. The van der Waals surface area contributed by atoms with E-state index < -0.39 is 30.3 Å². The van der Waals surface area contributed by atoms with Gasteiger partial charge in [0.15, 0.2) is 0 Å². The number of carbonyl (C=O) groups is 4. The molecule has 7 nitrogen and oxygen atoms in total. The monoisotopic (exact) mass is 311 g/mol. The Bertz CT molecular complexity index is 841. The zero-order valence-corrected chi connectivity index (χ0v) is 12.3. The van der Waals surface area contributed by atoms with Crippen LogP contribution in [0.4, 0.5) is 10.5 Å². The molecule has 1 fully saturated rings. The quantitative estimate of drug-likeness (QED) is 0.681. The molecule has 0 bridgehead atoms. The molecule has 0 unspecified atom stereocenters. The number of likely N-dealkylation sites (N-methyl/N-ethyl adjacent to an activating group) is 1. The molecule has 0 aliphatic carbocycles. The van der Waals surface area contributed by atoms with Gasteiger partial charge >= 0.3 is 17.8 Å². The molecule has 7 heteroatoms. The maximum atomic E-state index is 12.1. The zero-order chi connectivity index (χ0) is 16.6. The number of fused-ring (bicyclic) bond motifs is 1. The number of hydrogen-bond donors (Lipinski definition) is 1. The standard InChI is InChI=1S/C16H13N3O4/c1-18-14(21)15(22)19(16(18)23)9-13(20)17-12-8-4-6-10-5-2-3-7-11(10)12/h2-8H,9H2,1H3,(H,17,20). The van der Waals surface area contributed by atoms with Crippen molar-refractivity contribution in [2.45, 2.75) is 0 Å². The van der Waals surface area contributed by atoms with Crippen LogP contribution in [0.25, 0.3) is 10.8 Å². The lowest BCUT2D eigenvalue weighted by Gasteiger charge is -2.13. The van der Waals surface area contributed by atoms with Crippen LogP contribution < -0.4 is 5.32 Å². The molecule has 0 spiro atoms. The number of anilines is 1. The summed E-state index contributed by atoms with van der Waals surface area (Å²) in [4.78, 5) is 48.3. The van der Waals surface area contributed by atoms with E-state index in [0.717, 1.165) is 10.8 Å². The van der Waals surface area contributed by atoms with E-state index in [1.54, 1.807) is 12.1 Å². The van der Waals surface area contributed by atoms with Crippen molar-refractivity contribution in [1.29, 1.82) is 0 Å². The average molecular weight is 311 g/mol. The molecule has 0 saturated carbocycles. The number of nitrogens with zero attached hydrogens (tertiary/aromatic N) is 2. The smallest absolute Gasteiger partial charge is 0.324 e. The lowest BCUT2D eigenvalue weighted by Crippen LogP contribution is -2.38. The molecule has 5 amide bonds. The van der Waals surface area contributed by atoms with Gasteiger partial charge in [0.2, 0.25) is 5.91 Å². The Morgan fingerprint density at radius 2 is 1.70 bits per heavy atom. The Morgan fingerprint density at radius 3 is 2.39 bits per heavy atom. The minimum atomic E-state index is -0.995. The molecule has 23 heavy (non-hydrogen) atoms. The van der Waals surface area contributed by atoms with Gasteiger partial charge in [0.05, 0.1) is 0 Å². The number of amides is 5. The Labute approximate surface area is 131 Å². The Balaban J connectivity index is 1.78. The van der Waals surface area contributed by atoms with E-state index >= 15 is 0 Å². The van der Waals surface area contributed by atoms with E-state index in [2.05, 4.69) is 5.32 Å². The number of urea groups is 1. The largest absolute Gasteiger partial charge is 0.334 e. The van der Waals surface area contributed by atoms with Gasteiger partial charge in [-0.1, -0.05) is 36.4 Å². The molecule has 3 rings (SSSR count). The third-order valence-electron chi connectivity index (χ3n) is 3.62. The summed E-state index contributed by atoms with van der Waals surface area (Å²) in [6.45, 7) is -0.503. The lowest BCUT2D eigenvalue weighted by atomic mass is 10.1. The fourth-order valence-corrected chi connectivity index (χ4v) is 2.42. The average Bonchev–Trinajstić information content (AvgIpc) is 2.73. The first-order valence-corrected chi connectivity index (χ1v) is 6.90.